The first kappa shape index (κ1) is 27.0. The van der Waals surface area contributed by atoms with E-state index in [1.807, 2.05) is 6.07 Å². The lowest BCUT2D eigenvalue weighted by atomic mass is 9.81. The monoisotopic (exact) mass is 575 g/mol. The minimum Gasteiger partial charge on any atom is -0.248 e. The zero-order valence-corrected chi connectivity index (χ0v) is 25.5. The highest BCUT2D eigenvalue weighted by molar-refractivity contribution is 5.89. The van der Waals surface area contributed by atoms with E-state index in [0.717, 1.165) is 28.1 Å². The van der Waals surface area contributed by atoms with E-state index in [1.165, 1.54) is 50.1 Å². The molecule has 0 spiro atoms. The van der Waals surface area contributed by atoms with Crippen molar-refractivity contribution in [3.05, 3.63) is 175 Å². The van der Waals surface area contributed by atoms with Gasteiger partial charge in [-0.05, 0) is 79.9 Å². The SMILES string of the molecule is CC1(C)c2ccccc2-c2ccc(-c3ccccc3-c3cccc(-c4cc(-c5ccccc5)cc(-c5ccccc5)n4)c3)cc21. The van der Waals surface area contributed by atoms with Crippen molar-refractivity contribution in [2.24, 2.45) is 0 Å². The van der Waals surface area contributed by atoms with Crippen molar-refractivity contribution in [3.8, 4) is 67.0 Å². The Bertz CT molecular complexity index is 2120. The Labute approximate surface area is 265 Å². The third kappa shape index (κ3) is 4.78. The van der Waals surface area contributed by atoms with Crippen LogP contribution in [0.1, 0.15) is 25.0 Å². The van der Waals surface area contributed by atoms with Crippen molar-refractivity contribution >= 4 is 0 Å². The van der Waals surface area contributed by atoms with Crippen LogP contribution in [-0.4, -0.2) is 4.98 Å². The van der Waals surface area contributed by atoms with Gasteiger partial charge in [0.05, 0.1) is 11.4 Å². The van der Waals surface area contributed by atoms with Crippen LogP contribution in [0, 0.1) is 0 Å². The lowest BCUT2D eigenvalue weighted by Gasteiger charge is -2.22. The molecular weight excluding hydrogens is 542 g/mol. The summed E-state index contributed by atoms with van der Waals surface area (Å²) in [6, 6.07) is 58.9. The quantitative estimate of drug-likeness (QED) is 0.199. The minimum atomic E-state index is -0.0390. The summed E-state index contributed by atoms with van der Waals surface area (Å²) in [5.74, 6) is 0. The van der Waals surface area contributed by atoms with Crippen molar-refractivity contribution in [2.75, 3.05) is 0 Å². The third-order valence-corrected chi connectivity index (χ3v) is 9.29. The van der Waals surface area contributed by atoms with Gasteiger partial charge >= 0.3 is 0 Å². The topological polar surface area (TPSA) is 12.9 Å². The number of aromatic nitrogens is 1. The molecule has 1 aliphatic rings. The highest BCUT2D eigenvalue weighted by Gasteiger charge is 2.35. The Balaban J connectivity index is 1.23. The normalized spacial score (nSPS) is 12.8. The molecule has 0 fully saturated rings. The van der Waals surface area contributed by atoms with Gasteiger partial charge < -0.3 is 0 Å². The van der Waals surface area contributed by atoms with E-state index in [4.69, 9.17) is 4.98 Å². The molecule has 1 heterocycles. The molecule has 0 radical (unpaired) electrons. The minimum absolute atomic E-state index is 0.0390. The molecule has 0 unspecified atom stereocenters. The molecule has 1 aliphatic carbocycles. The maximum absolute atomic E-state index is 5.19. The fourth-order valence-corrected chi connectivity index (χ4v) is 6.94. The number of pyridine rings is 1. The Morgan fingerprint density at radius 2 is 0.844 bits per heavy atom. The Hall–Kier alpha value is -5.53. The van der Waals surface area contributed by atoms with Gasteiger partial charge in [0.1, 0.15) is 0 Å². The predicted octanol–water partition coefficient (Wildman–Crippen LogP) is 11.7. The average molecular weight is 576 g/mol. The highest BCUT2D eigenvalue weighted by Crippen LogP contribution is 2.50. The maximum Gasteiger partial charge on any atom is 0.0715 e. The Morgan fingerprint density at radius 1 is 0.333 bits per heavy atom. The summed E-state index contributed by atoms with van der Waals surface area (Å²) >= 11 is 0. The molecule has 0 amide bonds. The molecule has 0 saturated carbocycles. The summed E-state index contributed by atoms with van der Waals surface area (Å²) < 4.78 is 0. The zero-order chi connectivity index (χ0) is 30.4. The van der Waals surface area contributed by atoms with Crippen LogP contribution in [0.5, 0.6) is 0 Å². The number of benzene rings is 6. The molecule has 6 aromatic carbocycles. The third-order valence-electron chi connectivity index (χ3n) is 9.29. The first-order chi connectivity index (χ1) is 22.1. The molecule has 1 heteroatoms. The van der Waals surface area contributed by atoms with Crippen LogP contribution < -0.4 is 0 Å². The summed E-state index contributed by atoms with van der Waals surface area (Å²) in [5.41, 5.74) is 16.8. The van der Waals surface area contributed by atoms with Gasteiger partial charge in [-0.3, -0.25) is 0 Å². The van der Waals surface area contributed by atoms with E-state index >= 15 is 0 Å². The lowest BCUT2D eigenvalue weighted by molar-refractivity contribution is 0.660. The number of rotatable bonds is 5. The second-order valence-corrected chi connectivity index (χ2v) is 12.4. The molecule has 8 rings (SSSR count). The summed E-state index contributed by atoms with van der Waals surface area (Å²) in [5, 5.41) is 0. The van der Waals surface area contributed by atoms with Gasteiger partial charge in [-0.15, -0.1) is 0 Å². The van der Waals surface area contributed by atoms with Crippen LogP contribution in [0.2, 0.25) is 0 Å². The summed E-state index contributed by atoms with van der Waals surface area (Å²) in [6.07, 6.45) is 0. The van der Waals surface area contributed by atoms with Gasteiger partial charge in [-0.1, -0.05) is 153 Å². The van der Waals surface area contributed by atoms with Gasteiger partial charge in [0.15, 0.2) is 0 Å². The smallest absolute Gasteiger partial charge is 0.0715 e. The predicted molar refractivity (Wildman–Crippen MR) is 189 cm³/mol. The van der Waals surface area contributed by atoms with E-state index < -0.39 is 0 Å². The molecule has 0 bridgehead atoms. The number of nitrogens with zero attached hydrogens (tertiary/aromatic N) is 1. The largest absolute Gasteiger partial charge is 0.248 e. The second-order valence-electron chi connectivity index (χ2n) is 12.4. The van der Waals surface area contributed by atoms with Crippen LogP contribution in [0.25, 0.3) is 67.0 Å². The van der Waals surface area contributed by atoms with Crippen molar-refractivity contribution in [2.45, 2.75) is 19.3 Å². The standard InChI is InChI=1S/C44H33N/c1-44(2)40-23-12-11-22-38(40)39-25-24-33(27-41(39)44)37-21-10-9-20-36(37)32-18-13-19-34(26-32)43-29-35(30-14-5-3-6-15-30)28-42(45-43)31-16-7-4-8-17-31/h3-29H,1-2H3. The van der Waals surface area contributed by atoms with Crippen molar-refractivity contribution < 1.29 is 0 Å². The summed E-state index contributed by atoms with van der Waals surface area (Å²) in [7, 11) is 0. The van der Waals surface area contributed by atoms with Gasteiger partial charge in [0.2, 0.25) is 0 Å². The fourth-order valence-electron chi connectivity index (χ4n) is 6.94. The number of hydrogen-bond acceptors (Lipinski definition) is 1. The highest BCUT2D eigenvalue weighted by atomic mass is 14.7. The van der Waals surface area contributed by atoms with E-state index in [-0.39, 0.29) is 5.41 Å². The van der Waals surface area contributed by atoms with Gasteiger partial charge in [-0.25, -0.2) is 4.98 Å². The lowest BCUT2D eigenvalue weighted by Crippen LogP contribution is -2.14. The average Bonchev–Trinajstić information content (AvgIpc) is 3.34. The molecule has 214 valence electrons. The first-order valence-corrected chi connectivity index (χ1v) is 15.6. The molecule has 0 N–H and O–H groups in total. The van der Waals surface area contributed by atoms with E-state index in [2.05, 4.69) is 172 Å². The van der Waals surface area contributed by atoms with Crippen molar-refractivity contribution in [1.29, 1.82) is 0 Å². The molecule has 45 heavy (non-hydrogen) atoms. The van der Waals surface area contributed by atoms with Crippen LogP contribution in [-0.2, 0) is 5.41 Å². The van der Waals surface area contributed by atoms with Gasteiger partial charge in [0.25, 0.3) is 0 Å². The number of hydrogen-bond donors (Lipinski definition) is 0. The molecule has 1 nitrogen and oxygen atoms in total. The first-order valence-electron chi connectivity index (χ1n) is 15.6. The van der Waals surface area contributed by atoms with Crippen LogP contribution in [0.15, 0.2) is 164 Å². The van der Waals surface area contributed by atoms with E-state index in [0.29, 0.717) is 0 Å². The molecular formula is C44H33N. The molecule has 0 aliphatic heterocycles. The molecule has 0 atom stereocenters. The zero-order valence-electron chi connectivity index (χ0n) is 25.5. The van der Waals surface area contributed by atoms with Crippen LogP contribution >= 0.6 is 0 Å². The van der Waals surface area contributed by atoms with Crippen molar-refractivity contribution in [3.63, 3.8) is 0 Å². The van der Waals surface area contributed by atoms with Gasteiger partial charge in [0, 0.05) is 16.5 Å². The van der Waals surface area contributed by atoms with E-state index in [9.17, 15) is 0 Å². The van der Waals surface area contributed by atoms with E-state index in [1.54, 1.807) is 0 Å². The molecule has 0 saturated heterocycles. The molecule has 1 aromatic heterocycles. The second kappa shape index (κ2) is 10.9. The van der Waals surface area contributed by atoms with Crippen LogP contribution in [0.4, 0.5) is 0 Å². The van der Waals surface area contributed by atoms with Crippen molar-refractivity contribution in [1.82, 2.24) is 4.98 Å². The van der Waals surface area contributed by atoms with Crippen LogP contribution in [0.3, 0.4) is 0 Å². The van der Waals surface area contributed by atoms with Gasteiger partial charge in [-0.2, -0.15) is 0 Å². The Morgan fingerprint density at radius 3 is 1.56 bits per heavy atom. The fraction of sp³-hybridized carbons (Fsp3) is 0.0682. The molecule has 7 aromatic rings. The Kier molecular flexibility index (Phi) is 6.54. The summed E-state index contributed by atoms with van der Waals surface area (Å²) in [6.45, 7) is 4.69. The summed E-state index contributed by atoms with van der Waals surface area (Å²) in [4.78, 5) is 5.19. The number of fused-ring (bicyclic) bond motifs is 3. The maximum atomic E-state index is 5.19.